The topological polar surface area (TPSA) is 85.9 Å². The molecule has 0 aliphatic carbocycles. The van der Waals surface area contributed by atoms with Crippen molar-refractivity contribution in [3.8, 4) is 0 Å². The Morgan fingerprint density at radius 3 is 3.05 bits per heavy atom. The molecule has 3 rings (SSSR count). The van der Waals surface area contributed by atoms with E-state index in [0.717, 1.165) is 20.9 Å². The zero-order chi connectivity index (χ0) is 14.8. The first kappa shape index (κ1) is 13.6. The van der Waals surface area contributed by atoms with Gasteiger partial charge in [0.1, 0.15) is 0 Å². The van der Waals surface area contributed by atoms with Crippen molar-refractivity contribution in [2.75, 3.05) is 5.43 Å². The van der Waals surface area contributed by atoms with E-state index < -0.39 is 0 Å². The molecule has 0 saturated heterocycles. The lowest BCUT2D eigenvalue weighted by atomic mass is 10.2. The third-order valence-corrected chi connectivity index (χ3v) is 3.41. The fraction of sp³-hybridized carbons (Fsp3) is 0.0714. The normalized spacial score (nSPS) is 11.3. The van der Waals surface area contributed by atoms with Crippen molar-refractivity contribution in [1.29, 1.82) is 0 Å². The highest BCUT2D eigenvalue weighted by Crippen LogP contribution is 2.21. The number of fused-ring (bicyclic) bond motifs is 1. The van der Waals surface area contributed by atoms with Crippen LogP contribution in [0.2, 0.25) is 0 Å². The fourth-order valence-electron chi connectivity index (χ4n) is 2.02. The van der Waals surface area contributed by atoms with E-state index in [1.807, 2.05) is 24.4 Å². The zero-order valence-electron chi connectivity index (χ0n) is 11.1. The number of halogens is 1. The molecule has 2 aromatic heterocycles. The van der Waals surface area contributed by atoms with E-state index >= 15 is 0 Å². The number of benzene rings is 1. The average molecular weight is 346 g/mol. The van der Waals surface area contributed by atoms with E-state index in [9.17, 15) is 4.79 Å². The molecule has 0 fully saturated rings. The highest BCUT2D eigenvalue weighted by atomic mass is 79.9. The Bertz CT molecular complexity index is 880. The lowest BCUT2D eigenvalue weighted by Crippen LogP contribution is -2.10. The maximum atomic E-state index is 11.3. The second-order valence-electron chi connectivity index (χ2n) is 4.54. The highest BCUT2D eigenvalue weighted by Gasteiger charge is 2.02. The number of hydrogen-bond donors (Lipinski definition) is 3. The molecular weight excluding hydrogens is 334 g/mol. The number of aromatic amines is 2. The van der Waals surface area contributed by atoms with Crippen LogP contribution in [0.5, 0.6) is 0 Å². The number of aryl methyl sites for hydroxylation is 1. The molecule has 0 bridgehead atoms. The van der Waals surface area contributed by atoms with E-state index in [0.29, 0.717) is 11.6 Å². The van der Waals surface area contributed by atoms with Crippen LogP contribution in [-0.2, 0) is 0 Å². The standard InChI is InChI=1S/C14H12BrN5O/c1-8-4-13(21)19-14(18-8)20-17-7-9-6-16-12-3-2-10(15)5-11(9)12/h2-7,16H,1H3,(H2,18,19,20,21). The molecule has 0 amide bonds. The predicted molar refractivity (Wildman–Crippen MR) is 86.8 cm³/mol. The van der Waals surface area contributed by atoms with Crippen LogP contribution in [0.25, 0.3) is 10.9 Å². The Morgan fingerprint density at radius 2 is 2.24 bits per heavy atom. The Kier molecular flexibility index (Phi) is 3.57. The molecular formula is C14H12BrN5O. The summed E-state index contributed by atoms with van der Waals surface area (Å²) in [7, 11) is 0. The molecule has 3 N–H and O–H groups in total. The second-order valence-corrected chi connectivity index (χ2v) is 5.45. The summed E-state index contributed by atoms with van der Waals surface area (Å²) in [6.07, 6.45) is 3.54. The van der Waals surface area contributed by atoms with Crippen LogP contribution in [0.4, 0.5) is 5.95 Å². The minimum absolute atomic E-state index is 0.212. The third-order valence-electron chi connectivity index (χ3n) is 2.92. The van der Waals surface area contributed by atoms with E-state index in [2.05, 4.69) is 41.4 Å². The maximum Gasteiger partial charge on any atom is 0.252 e. The molecule has 6 nitrogen and oxygen atoms in total. The minimum atomic E-state index is -0.212. The SMILES string of the molecule is Cc1cc(=O)[nH]c(NN=Cc2c[nH]c3ccc(Br)cc23)n1. The molecule has 0 aliphatic rings. The van der Waals surface area contributed by atoms with E-state index in [-0.39, 0.29) is 5.56 Å². The van der Waals surface area contributed by atoms with Crippen molar-refractivity contribution in [3.63, 3.8) is 0 Å². The predicted octanol–water partition coefficient (Wildman–Crippen LogP) is 2.77. The van der Waals surface area contributed by atoms with E-state index in [1.165, 1.54) is 6.07 Å². The van der Waals surface area contributed by atoms with Crippen LogP contribution in [0.3, 0.4) is 0 Å². The van der Waals surface area contributed by atoms with Gasteiger partial charge in [0.25, 0.3) is 5.56 Å². The van der Waals surface area contributed by atoms with Crippen LogP contribution in [-0.4, -0.2) is 21.2 Å². The molecule has 3 aromatic rings. The van der Waals surface area contributed by atoms with Crippen LogP contribution < -0.4 is 11.0 Å². The van der Waals surface area contributed by atoms with E-state index in [4.69, 9.17) is 0 Å². The summed E-state index contributed by atoms with van der Waals surface area (Å²) in [5, 5.41) is 5.16. The fourth-order valence-corrected chi connectivity index (χ4v) is 2.38. The van der Waals surface area contributed by atoms with Crippen molar-refractivity contribution in [3.05, 3.63) is 56.5 Å². The molecule has 106 valence electrons. The third kappa shape index (κ3) is 3.03. The van der Waals surface area contributed by atoms with Gasteiger partial charge in [-0.1, -0.05) is 15.9 Å². The van der Waals surface area contributed by atoms with Gasteiger partial charge in [0.05, 0.1) is 6.21 Å². The van der Waals surface area contributed by atoms with Gasteiger partial charge < -0.3 is 4.98 Å². The Labute approximate surface area is 128 Å². The summed E-state index contributed by atoms with van der Waals surface area (Å²) in [6.45, 7) is 1.75. The smallest absolute Gasteiger partial charge is 0.252 e. The second kappa shape index (κ2) is 5.53. The Hall–Kier alpha value is -2.41. The first-order chi connectivity index (χ1) is 10.1. The molecule has 21 heavy (non-hydrogen) atoms. The number of hydrogen-bond acceptors (Lipinski definition) is 4. The molecule has 0 unspecified atom stereocenters. The number of hydrazone groups is 1. The van der Waals surface area contributed by atoms with Gasteiger partial charge in [0.15, 0.2) is 0 Å². The van der Waals surface area contributed by atoms with Gasteiger partial charge in [-0.3, -0.25) is 9.78 Å². The lowest BCUT2D eigenvalue weighted by molar-refractivity contribution is 1.04. The van der Waals surface area contributed by atoms with Gasteiger partial charge in [-0.15, -0.1) is 0 Å². The van der Waals surface area contributed by atoms with Gasteiger partial charge in [-0.25, -0.2) is 10.4 Å². The summed E-state index contributed by atoms with van der Waals surface area (Å²) >= 11 is 3.45. The van der Waals surface area contributed by atoms with Gasteiger partial charge in [0, 0.05) is 38.9 Å². The summed E-state index contributed by atoms with van der Waals surface area (Å²) in [5.74, 6) is 0.317. The Morgan fingerprint density at radius 1 is 1.38 bits per heavy atom. The van der Waals surface area contributed by atoms with Gasteiger partial charge in [0.2, 0.25) is 5.95 Å². The largest absolute Gasteiger partial charge is 0.361 e. The average Bonchev–Trinajstić information content (AvgIpc) is 2.80. The zero-order valence-corrected chi connectivity index (χ0v) is 12.7. The van der Waals surface area contributed by atoms with Crippen molar-refractivity contribution in [1.82, 2.24) is 15.0 Å². The highest BCUT2D eigenvalue weighted by molar-refractivity contribution is 9.10. The number of aromatic nitrogens is 3. The van der Waals surface area contributed by atoms with Crippen LogP contribution >= 0.6 is 15.9 Å². The molecule has 0 radical (unpaired) electrons. The van der Waals surface area contributed by atoms with Crippen LogP contribution in [0.1, 0.15) is 11.3 Å². The molecule has 0 aliphatic heterocycles. The van der Waals surface area contributed by atoms with Crippen molar-refractivity contribution in [2.24, 2.45) is 5.10 Å². The summed E-state index contributed by atoms with van der Waals surface area (Å²) in [6, 6.07) is 7.40. The molecule has 7 heteroatoms. The maximum absolute atomic E-state index is 11.3. The Balaban J connectivity index is 1.84. The lowest BCUT2D eigenvalue weighted by Gasteiger charge is -1.99. The van der Waals surface area contributed by atoms with E-state index in [1.54, 1.807) is 13.1 Å². The molecule has 0 spiro atoms. The van der Waals surface area contributed by atoms with Crippen molar-refractivity contribution < 1.29 is 0 Å². The monoisotopic (exact) mass is 345 g/mol. The number of nitrogens with one attached hydrogen (secondary N) is 3. The molecule has 2 heterocycles. The number of H-pyrrole nitrogens is 2. The van der Waals surface area contributed by atoms with Crippen molar-refractivity contribution >= 4 is 39.0 Å². The molecule has 1 aromatic carbocycles. The quantitative estimate of drug-likeness (QED) is 0.504. The van der Waals surface area contributed by atoms with Gasteiger partial charge >= 0.3 is 0 Å². The summed E-state index contributed by atoms with van der Waals surface area (Å²) in [5.41, 5.74) is 5.11. The number of rotatable bonds is 3. The summed E-state index contributed by atoms with van der Waals surface area (Å²) < 4.78 is 1.00. The van der Waals surface area contributed by atoms with Crippen LogP contribution in [0, 0.1) is 6.92 Å². The minimum Gasteiger partial charge on any atom is -0.361 e. The van der Waals surface area contributed by atoms with Gasteiger partial charge in [-0.05, 0) is 25.1 Å². The van der Waals surface area contributed by atoms with Gasteiger partial charge in [-0.2, -0.15) is 5.10 Å². The first-order valence-corrected chi connectivity index (χ1v) is 7.05. The summed E-state index contributed by atoms with van der Waals surface area (Å²) in [4.78, 5) is 21.2. The number of nitrogens with zero attached hydrogens (tertiary/aromatic N) is 2. The van der Waals surface area contributed by atoms with Crippen molar-refractivity contribution in [2.45, 2.75) is 6.92 Å². The molecule has 0 atom stereocenters. The van der Waals surface area contributed by atoms with Crippen LogP contribution in [0.15, 0.2) is 44.8 Å². The number of anilines is 1. The molecule has 0 saturated carbocycles. The first-order valence-electron chi connectivity index (χ1n) is 6.25.